The number of hydrogen-bond acceptors (Lipinski definition) is 2. The van der Waals surface area contributed by atoms with Gasteiger partial charge < -0.3 is 10.6 Å². The maximum Gasteiger partial charge on any atom is 0.272 e. The second-order valence-corrected chi connectivity index (χ2v) is 7.25. The largest absolute Gasteiger partial charge is 0.321 e. The predicted octanol–water partition coefficient (Wildman–Crippen LogP) is 5.51. The summed E-state index contributed by atoms with van der Waals surface area (Å²) in [7, 11) is 0. The molecule has 0 radical (unpaired) electrons. The number of hydrogen-bond donors (Lipinski definition) is 2. The Balaban J connectivity index is 1.88. The van der Waals surface area contributed by atoms with Gasteiger partial charge in [-0.1, -0.05) is 63.9 Å². The molecular weight excluding hydrogens is 440 g/mol. The van der Waals surface area contributed by atoms with Crippen molar-refractivity contribution in [2.75, 3.05) is 5.32 Å². The Morgan fingerprint density at radius 3 is 2.29 bits per heavy atom. The number of anilines is 1. The van der Waals surface area contributed by atoms with Crippen molar-refractivity contribution in [3.63, 3.8) is 0 Å². The summed E-state index contributed by atoms with van der Waals surface area (Å²) in [4.78, 5) is 25.4. The van der Waals surface area contributed by atoms with E-state index in [1.165, 1.54) is 0 Å². The average molecular weight is 456 g/mol. The van der Waals surface area contributed by atoms with Crippen molar-refractivity contribution >= 4 is 51.1 Å². The van der Waals surface area contributed by atoms with Crippen LogP contribution >= 0.6 is 27.5 Å². The highest BCUT2D eigenvalue weighted by atomic mass is 79.9. The molecule has 0 spiro atoms. The molecule has 0 unspecified atom stereocenters. The van der Waals surface area contributed by atoms with Crippen LogP contribution in [0, 0.1) is 0 Å². The molecule has 3 aromatic carbocycles. The minimum absolute atomic E-state index is 0.121. The van der Waals surface area contributed by atoms with Crippen LogP contribution in [0.25, 0.3) is 6.08 Å². The molecule has 140 valence electrons. The molecular formula is C22H16BrClN2O2. The molecule has 0 aromatic heterocycles. The zero-order valence-corrected chi connectivity index (χ0v) is 17.0. The molecule has 0 saturated carbocycles. The lowest BCUT2D eigenvalue weighted by molar-refractivity contribution is -0.113. The smallest absolute Gasteiger partial charge is 0.272 e. The van der Waals surface area contributed by atoms with Crippen molar-refractivity contribution in [1.29, 1.82) is 0 Å². The summed E-state index contributed by atoms with van der Waals surface area (Å²) >= 11 is 9.36. The van der Waals surface area contributed by atoms with E-state index in [1.54, 1.807) is 54.6 Å². The number of halogens is 2. The van der Waals surface area contributed by atoms with Crippen molar-refractivity contribution in [2.45, 2.75) is 0 Å². The molecule has 0 fully saturated rings. The Kier molecular flexibility index (Phi) is 6.63. The highest BCUT2D eigenvalue weighted by molar-refractivity contribution is 9.10. The molecule has 2 N–H and O–H groups in total. The van der Waals surface area contributed by atoms with Gasteiger partial charge in [-0.3, -0.25) is 9.59 Å². The topological polar surface area (TPSA) is 58.2 Å². The minimum Gasteiger partial charge on any atom is -0.321 e. The monoisotopic (exact) mass is 454 g/mol. The van der Waals surface area contributed by atoms with Gasteiger partial charge in [0.1, 0.15) is 5.70 Å². The molecule has 0 atom stereocenters. The van der Waals surface area contributed by atoms with E-state index in [-0.39, 0.29) is 11.6 Å². The number of carbonyl (C=O) groups excluding carboxylic acids is 2. The second kappa shape index (κ2) is 9.35. The average Bonchev–Trinajstić information content (AvgIpc) is 2.69. The highest BCUT2D eigenvalue weighted by Crippen LogP contribution is 2.17. The molecule has 0 aliphatic rings. The lowest BCUT2D eigenvalue weighted by atomic mass is 10.1. The van der Waals surface area contributed by atoms with Crippen LogP contribution in [0.3, 0.4) is 0 Å². The standard InChI is InChI=1S/C22H16BrClN2O2/c23-17-11-9-15(10-12-17)13-20(26-21(27)16-5-2-1-3-6-16)22(28)25-19-8-4-7-18(24)14-19/h1-14H,(H,25,28)(H,26,27)/b20-13-. The third-order valence-corrected chi connectivity index (χ3v) is 4.56. The fourth-order valence-electron chi connectivity index (χ4n) is 2.43. The second-order valence-electron chi connectivity index (χ2n) is 5.89. The number of carbonyl (C=O) groups is 2. The molecule has 28 heavy (non-hydrogen) atoms. The molecule has 2 amide bonds. The number of benzene rings is 3. The molecule has 0 saturated heterocycles. The Bertz CT molecular complexity index is 1020. The van der Waals surface area contributed by atoms with E-state index in [4.69, 9.17) is 11.6 Å². The predicted molar refractivity (Wildman–Crippen MR) is 116 cm³/mol. The van der Waals surface area contributed by atoms with Gasteiger partial charge in [0.2, 0.25) is 0 Å². The van der Waals surface area contributed by atoms with Gasteiger partial charge in [-0.05, 0) is 54.1 Å². The summed E-state index contributed by atoms with van der Waals surface area (Å²) in [6, 6.07) is 22.9. The first kappa shape index (κ1) is 19.9. The van der Waals surface area contributed by atoms with Crippen LogP contribution < -0.4 is 10.6 Å². The molecule has 0 aliphatic carbocycles. The highest BCUT2D eigenvalue weighted by Gasteiger charge is 2.15. The van der Waals surface area contributed by atoms with E-state index >= 15 is 0 Å². The Morgan fingerprint density at radius 1 is 0.893 bits per heavy atom. The molecule has 3 aromatic rings. The van der Waals surface area contributed by atoms with Gasteiger partial charge in [0, 0.05) is 20.7 Å². The minimum atomic E-state index is -0.450. The van der Waals surface area contributed by atoms with Crippen molar-refractivity contribution < 1.29 is 9.59 Å². The van der Waals surface area contributed by atoms with Crippen LogP contribution in [0.2, 0.25) is 5.02 Å². The summed E-state index contributed by atoms with van der Waals surface area (Å²) in [6.07, 6.45) is 1.62. The maximum atomic E-state index is 12.8. The van der Waals surface area contributed by atoms with E-state index in [1.807, 2.05) is 30.3 Å². The summed E-state index contributed by atoms with van der Waals surface area (Å²) in [5.41, 5.74) is 1.89. The first-order valence-corrected chi connectivity index (χ1v) is 9.59. The van der Waals surface area contributed by atoms with Crippen molar-refractivity contribution in [1.82, 2.24) is 5.32 Å². The zero-order chi connectivity index (χ0) is 19.9. The molecule has 0 heterocycles. The summed E-state index contributed by atoms with van der Waals surface area (Å²) < 4.78 is 0.919. The first-order valence-electron chi connectivity index (χ1n) is 8.42. The van der Waals surface area contributed by atoms with Crippen LogP contribution in [0.5, 0.6) is 0 Å². The van der Waals surface area contributed by atoms with E-state index in [2.05, 4.69) is 26.6 Å². The Labute approximate surface area is 176 Å². The lowest BCUT2D eigenvalue weighted by Gasteiger charge is -2.11. The zero-order valence-electron chi connectivity index (χ0n) is 14.7. The third-order valence-electron chi connectivity index (χ3n) is 3.79. The molecule has 3 rings (SSSR count). The maximum absolute atomic E-state index is 12.8. The van der Waals surface area contributed by atoms with E-state index in [0.29, 0.717) is 16.3 Å². The van der Waals surface area contributed by atoms with Gasteiger partial charge in [0.05, 0.1) is 0 Å². The lowest BCUT2D eigenvalue weighted by Crippen LogP contribution is -2.30. The fourth-order valence-corrected chi connectivity index (χ4v) is 2.89. The molecule has 4 nitrogen and oxygen atoms in total. The number of rotatable bonds is 5. The van der Waals surface area contributed by atoms with Gasteiger partial charge in [0.25, 0.3) is 11.8 Å². The summed E-state index contributed by atoms with van der Waals surface area (Å²) in [6.45, 7) is 0. The van der Waals surface area contributed by atoms with E-state index in [0.717, 1.165) is 10.0 Å². The van der Waals surface area contributed by atoms with Crippen LogP contribution in [-0.4, -0.2) is 11.8 Å². The quantitative estimate of drug-likeness (QED) is 0.498. The fraction of sp³-hybridized carbons (Fsp3) is 0. The van der Waals surface area contributed by atoms with Gasteiger partial charge >= 0.3 is 0 Å². The Hall–Kier alpha value is -2.89. The normalized spacial score (nSPS) is 11.0. The Morgan fingerprint density at radius 2 is 1.61 bits per heavy atom. The first-order chi connectivity index (χ1) is 13.5. The molecule has 0 aliphatic heterocycles. The third kappa shape index (κ3) is 5.55. The van der Waals surface area contributed by atoms with Crippen LogP contribution in [0.1, 0.15) is 15.9 Å². The molecule has 0 bridgehead atoms. The van der Waals surface area contributed by atoms with Crippen LogP contribution in [-0.2, 0) is 4.79 Å². The summed E-state index contributed by atoms with van der Waals surface area (Å²) in [5, 5.41) is 5.96. The van der Waals surface area contributed by atoms with Crippen molar-refractivity contribution in [3.8, 4) is 0 Å². The van der Waals surface area contributed by atoms with Crippen LogP contribution in [0.15, 0.2) is 89.0 Å². The van der Waals surface area contributed by atoms with Gasteiger partial charge in [-0.25, -0.2) is 0 Å². The summed E-state index contributed by atoms with van der Waals surface area (Å²) in [5.74, 6) is -0.820. The van der Waals surface area contributed by atoms with E-state index in [9.17, 15) is 9.59 Å². The van der Waals surface area contributed by atoms with Gasteiger partial charge in [0.15, 0.2) is 0 Å². The van der Waals surface area contributed by atoms with E-state index < -0.39 is 5.91 Å². The van der Waals surface area contributed by atoms with Crippen molar-refractivity contribution in [2.24, 2.45) is 0 Å². The van der Waals surface area contributed by atoms with Crippen molar-refractivity contribution in [3.05, 3.63) is 105 Å². The molecule has 6 heteroatoms. The van der Waals surface area contributed by atoms with Gasteiger partial charge in [-0.15, -0.1) is 0 Å². The van der Waals surface area contributed by atoms with Gasteiger partial charge in [-0.2, -0.15) is 0 Å². The number of amides is 2. The van der Waals surface area contributed by atoms with Crippen LogP contribution in [0.4, 0.5) is 5.69 Å². The SMILES string of the molecule is O=C(Nc1cccc(Cl)c1)/C(=C/c1ccc(Br)cc1)NC(=O)c1ccccc1. The number of nitrogens with one attached hydrogen (secondary N) is 2.